The van der Waals surface area contributed by atoms with Crippen molar-refractivity contribution in [2.24, 2.45) is 0 Å². The zero-order valence-electron chi connectivity index (χ0n) is 7.58. The summed E-state index contributed by atoms with van der Waals surface area (Å²) in [5.41, 5.74) is 0. The standard InChI is InChI=1S/C9H6Cl5O/c1-3(2)15-9-7(13)5(11)4(10)6(12)8(9)14/h3H,1H2,2H3. The molecule has 0 aliphatic heterocycles. The number of hydrogen-bond acceptors (Lipinski definition) is 1. The van der Waals surface area contributed by atoms with Crippen molar-refractivity contribution in [2.45, 2.75) is 13.0 Å². The highest BCUT2D eigenvalue weighted by Crippen LogP contribution is 2.48. The fourth-order valence-corrected chi connectivity index (χ4v) is 2.10. The molecule has 0 fully saturated rings. The molecule has 0 aliphatic carbocycles. The van der Waals surface area contributed by atoms with Gasteiger partial charge in [0, 0.05) is 0 Å². The molecule has 0 heterocycles. The van der Waals surface area contributed by atoms with Crippen LogP contribution in [0, 0.1) is 6.92 Å². The summed E-state index contributed by atoms with van der Waals surface area (Å²) in [5.74, 6) is 0.195. The summed E-state index contributed by atoms with van der Waals surface area (Å²) >= 11 is 29.3. The number of ether oxygens (including phenoxy) is 1. The molecule has 6 heteroatoms. The number of hydrogen-bond donors (Lipinski definition) is 0. The van der Waals surface area contributed by atoms with Crippen LogP contribution in [0.25, 0.3) is 0 Å². The second-order valence-corrected chi connectivity index (χ2v) is 4.72. The second-order valence-electron chi connectivity index (χ2n) is 2.83. The molecule has 0 bridgehead atoms. The molecule has 0 amide bonds. The quantitative estimate of drug-likeness (QED) is 0.514. The fraction of sp³-hybridized carbons (Fsp3) is 0.222. The highest BCUT2D eigenvalue weighted by atomic mass is 35.5. The van der Waals surface area contributed by atoms with E-state index in [1.165, 1.54) is 0 Å². The van der Waals surface area contributed by atoms with Crippen molar-refractivity contribution in [2.75, 3.05) is 0 Å². The molecule has 1 aromatic carbocycles. The highest BCUT2D eigenvalue weighted by molar-refractivity contribution is 6.55. The summed E-state index contributed by atoms with van der Waals surface area (Å²) < 4.78 is 5.29. The van der Waals surface area contributed by atoms with Crippen LogP contribution in [0.15, 0.2) is 0 Å². The number of benzene rings is 1. The van der Waals surface area contributed by atoms with Crippen LogP contribution >= 0.6 is 58.0 Å². The van der Waals surface area contributed by atoms with E-state index in [9.17, 15) is 0 Å². The largest absolute Gasteiger partial charge is 0.487 e. The minimum absolute atomic E-state index is 0.109. The zero-order valence-corrected chi connectivity index (χ0v) is 11.4. The van der Waals surface area contributed by atoms with Gasteiger partial charge in [-0.2, -0.15) is 0 Å². The Hall–Kier alpha value is 0.470. The van der Waals surface area contributed by atoms with Crippen LogP contribution in [0.1, 0.15) is 6.92 Å². The fourth-order valence-electron chi connectivity index (χ4n) is 0.889. The van der Waals surface area contributed by atoms with E-state index >= 15 is 0 Å². The third-order valence-electron chi connectivity index (χ3n) is 1.49. The van der Waals surface area contributed by atoms with Gasteiger partial charge in [-0.1, -0.05) is 58.0 Å². The normalized spacial score (nSPS) is 10.9. The Morgan fingerprint density at radius 1 is 0.867 bits per heavy atom. The van der Waals surface area contributed by atoms with Crippen molar-refractivity contribution in [1.29, 1.82) is 0 Å². The van der Waals surface area contributed by atoms with Crippen molar-refractivity contribution in [3.05, 3.63) is 32.0 Å². The van der Waals surface area contributed by atoms with E-state index in [0.29, 0.717) is 0 Å². The molecule has 0 spiro atoms. The smallest absolute Gasteiger partial charge is 0.160 e. The van der Waals surface area contributed by atoms with Gasteiger partial charge in [-0.15, -0.1) is 0 Å². The van der Waals surface area contributed by atoms with Gasteiger partial charge in [-0.3, -0.25) is 0 Å². The molecule has 0 aliphatic rings. The molecule has 0 saturated heterocycles. The van der Waals surface area contributed by atoms with Crippen molar-refractivity contribution in [3.8, 4) is 5.75 Å². The van der Waals surface area contributed by atoms with Crippen LogP contribution in [-0.4, -0.2) is 6.10 Å². The average Bonchev–Trinajstić information content (AvgIpc) is 2.18. The third kappa shape index (κ3) is 2.78. The molecular formula is C9H6Cl5O. The van der Waals surface area contributed by atoms with Crippen LogP contribution in [0.3, 0.4) is 0 Å². The maximum atomic E-state index is 5.91. The van der Waals surface area contributed by atoms with Crippen LogP contribution in [-0.2, 0) is 0 Å². The molecule has 1 radical (unpaired) electrons. The lowest BCUT2D eigenvalue weighted by Gasteiger charge is -2.15. The Bertz CT molecular complexity index is 360. The summed E-state index contributed by atoms with van der Waals surface area (Å²) in [6.07, 6.45) is -0.340. The Kier molecular flexibility index (Phi) is 4.69. The van der Waals surface area contributed by atoms with Gasteiger partial charge in [0.05, 0.1) is 21.2 Å². The van der Waals surface area contributed by atoms with Crippen LogP contribution in [0.4, 0.5) is 0 Å². The molecule has 83 valence electrons. The van der Waals surface area contributed by atoms with Crippen LogP contribution in [0.2, 0.25) is 25.1 Å². The predicted octanol–water partition coefficient (Wildman–Crippen LogP) is 5.55. The molecule has 0 saturated carbocycles. The van der Waals surface area contributed by atoms with Gasteiger partial charge in [0.25, 0.3) is 0 Å². The minimum Gasteiger partial charge on any atom is -0.487 e. The number of rotatable bonds is 2. The first-order valence-electron chi connectivity index (χ1n) is 3.87. The summed E-state index contributed by atoms with van der Waals surface area (Å²) in [7, 11) is 0. The van der Waals surface area contributed by atoms with Crippen molar-refractivity contribution in [1.82, 2.24) is 0 Å². The maximum absolute atomic E-state index is 5.91. The van der Waals surface area contributed by atoms with Gasteiger partial charge in [0.15, 0.2) is 5.75 Å². The summed E-state index contributed by atoms with van der Waals surface area (Å²) in [5, 5.41) is 0.599. The molecule has 0 N–H and O–H groups in total. The Balaban J connectivity index is 3.39. The Morgan fingerprint density at radius 3 is 1.53 bits per heavy atom. The lowest BCUT2D eigenvalue weighted by atomic mass is 10.3. The maximum Gasteiger partial charge on any atom is 0.160 e. The molecule has 1 aromatic rings. The number of halogens is 5. The van der Waals surface area contributed by atoms with E-state index in [1.807, 2.05) is 0 Å². The molecule has 1 unspecified atom stereocenters. The molecule has 15 heavy (non-hydrogen) atoms. The van der Waals surface area contributed by atoms with Gasteiger partial charge in [-0.05, 0) is 13.8 Å². The highest BCUT2D eigenvalue weighted by Gasteiger charge is 2.20. The molecule has 1 nitrogen and oxygen atoms in total. The minimum atomic E-state index is -0.340. The van der Waals surface area contributed by atoms with E-state index in [2.05, 4.69) is 6.92 Å². The van der Waals surface area contributed by atoms with Crippen molar-refractivity contribution < 1.29 is 4.74 Å². The van der Waals surface area contributed by atoms with Crippen molar-refractivity contribution >= 4 is 58.0 Å². The zero-order chi connectivity index (χ0) is 11.7. The van der Waals surface area contributed by atoms with E-state index < -0.39 is 0 Å². The van der Waals surface area contributed by atoms with Gasteiger partial charge < -0.3 is 4.74 Å². The van der Waals surface area contributed by atoms with Crippen molar-refractivity contribution in [3.63, 3.8) is 0 Å². The average molecular weight is 307 g/mol. The topological polar surface area (TPSA) is 9.23 Å². The van der Waals surface area contributed by atoms with Crippen LogP contribution < -0.4 is 4.74 Å². The lowest BCUT2D eigenvalue weighted by molar-refractivity contribution is 0.268. The molecule has 1 rings (SSSR count). The predicted molar refractivity (Wildman–Crippen MR) is 66.9 cm³/mol. The van der Waals surface area contributed by atoms with E-state index in [4.69, 9.17) is 62.7 Å². The SMILES string of the molecule is [CH2]C(C)Oc1c(Cl)c(Cl)c(Cl)c(Cl)c1Cl. The second kappa shape index (κ2) is 5.20. The first-order valence-corrected chi connectivity index (χ1v) is 5.76. The Labute approximate surface area is 113 Å². The Morgan fingerprint density at radius 2 is 1.20 bits per heavy atom. The lowest BCUT2D eigenvalue weighted by Crippen LogP contribution is -2.07. The van der Waals surface area contributed by atoms with Gasteiger partial charge in [0.2, 0.25) is 0 Å². The first-order chi connectivity index (χ1) is 6.86. The van der Waals surface area contributed by atoms with E-state index in [1.54, 1.807) is 6.92 Å². The molecule has 1 atom stereocenters. The summed E-state index contributed by atoms with van der Waals surface area (Å²) in [4.78, 5) is 0. The van der Waals surface area contributed by atoms with E-state index in [-0.39, 0.29) is 37.0 Å². The first kappa shape index (κ1) is 13.5. The van der Waals surface area contributed by atoms with E-state index in [0.717, 1.165) is 0 Å². The van der Waals surface area contributed by atoms with Gasteiger partial charge in [0.1, 0.15) is 10.0 Å². The van der Waals surface area contributed by atoms with Gasteiger partial charge in [-0.25, -0.2) is 0 Å². The summed E-state index contributed by atoms with van der Waals surface area (Å²) in [6, 6.07) is 0. The molecular weight excluding hydrogens is 301 g/mol. The third-order valence-corrected chi connectivity index (χ3v) is 3.73. The molecule has 0 aromatic heterocycles. The monoisotopic (exact) mass is 305 g/mol. The van der Waals surface area contributed by atoms with Crippen LogP contribution in [0.5, 0.6) is 5.75 Å². The summed E-state index contributed by atoms with van der Waals surface area (Å²) in [6.45, 7) is 5.36. The van der Waals surface area contributed by atoms with Gasteiger partial charge >= 0.3 is 0 Å².